The van der Waals surface area contributed by atoms with Crippen LogP contribution in [0.2, 0.25) is 0 Å². The van der Waals surface area contributed by atoms with Crippen LogP contribution in [-0.4, -0.2) is 52.3 Å². The van der Waals surface area contributed by atoms with Gasteiger partial charge in [-0.25, -0.2) is 4.39 Å². The van der Waals surface area contributed by atoms with Crippen LogP contribution in [0.3, 0.4) is 0 Å². The van der Waals surface area contributed by atoms with Crippen molar-refractivity contribution in [2.75, 3.05) is 19.8 Å². The minimum Gasteiger partial charge on any atom is -0.481 e. The van der Waals surface area contributed by atoms with Crippen LogP contribution < -0.4 is 0 Å². The molecular formula is C20H23FN2O4. The van der Waals surface area contributed by atoms with E-state index >= 15 is 0 Å². The van der Waals surface area contributed by atoms with Gasteiger partial charge in [0.2, 0.25) is 0 Å². The van der Waals surface area contributed by atoms with Crippen molar-refractivity contribution in [3.63, 3.8) is 0 Å². The summed E-state index contributed by atoms with van der Waals surface area (Å²) in [5.41, 5.74) is 2.08. The number of carbonyl (C=O) groups excluding carboxylic acids is 1. The molecule has 27 heavy (non-hydrogen) atoms. The quantitative estimate of drug-likeness (QED) is 0.844. The summed E-state index contributed by atoms with van der Waals surface area (Å²) in [6, 6.07) is 9.61. The maximum Gasteiger partial charge on any atom is 0.305 e. The van der Waals surface area contributed by atoms with Gasteiger partial charge in [-0.2, -0.15) is 0 Å². The first-order valence-corrected chi connectivity index (χ1v) is 8.99. The second kappa shape index (κ2) is 8.35. The normalized spacial score (nSPS) is 14.9. The Bertz CT molecular complexity index is 810. The monoisotopic (exact) mass is 374 g/mol. The minimum absolute atomic E-state index is 0.0326. The molecule has 1 fully saturated rings. The predicted molar refractivity (Wildman–Crippen MR) is 97.9 cm³/mol. The van der Waals surface area contributed by atoms with Crippen LogP contribution in [0.25, 0.3) is 11.3 Å². The molecule has 1 saturated heterocycles. The molecular weight excluding hydrogens is 351 g/mol. The molecule has 2 aromatic rings. The van der Waals surface area contributed by atoms with Gasteiger partial charge in [-0.05, 0) is 54.8 Å². The van der Waals surface area contributed by atoms with E-state index in [1.54, 1.807) is 34.7 Å². The lowest BCUT2D eigenvalue weighted by molar-refractivity contribution is -0.137. The van der Waals surface area contributed by atoms with Crippen molar-refractivity contribution in [2.45, 2.75) is 25.3 Å². The Labute approximate surface area is 157 Å². The zero-order valence-electron chi connectivity index (χ0n) is 15.2. The number of halogens is 1. The Balaban J connectivity index is 1.86. The van der Waals surface area contributed by atoms with Crippen LogP contribution in [0.4, 0.5) is 4.39 Å². The summed E-state index contributed by atoms with van der Waals surface area (Å²) in [5, 5.41) is 9.04. The van der Waals surface area contributed by atoms with Crippen LogP contribution in [0.1, 0.15) is 29.8 Å². The molecule has 0 bridgehead atoms. The molecule has 7 heteroatoms. The molecule has 1 amide bonds. The zero-order chi connectivity index (χ0) is 19.4. The van der Waals surface area contributed by atoms with Crippen molar-refractivity contribution < 1.29 is 23.8 Å². The fourth-order valence-electron chi connectivity index (χ4n) is 3.45. The molecule has 0 atom stereocenters. The van der Waals surface area contributed by atoms with Crippen molar-refractivity contribution in [2.24, 2.45) is 7.05 Å². The van der Waals surface area contributed by atoms with E-state index in [2.05, 4.69) is 0 Å². The number of hydrogen-bond donors (Lipinski definition) is 1. The van der Waals surface area contributed by atoms with Crippen molar-refractivity contribution in [3.8, 4) is 11.3 Å². The zero-order valence-corrected chi connectivity index (χ0v) is 15.2. The average molecular weight is 374 g/mol. The summed E-state index contributed by atoms with van der Waals surface area (Å²) in [6.07, 6.45) is 1.29. The molecule has 0 radical (unpaired) electrons. The van der Waals surface area contributed by atoms with Gasteiger partial charge in [0, 0.05) is 38.5 Å². The molecule has 6 nitrogen and oxygen atoms in total. The molecule has 1 aliphatic heterocycles. The van der Waals surface area contributed by atoms with Crippen LogP contribution in [0.15, 0.2) is 36.4 Å². The third-order valence-electron chi connectivity index (χ3n) is 4.94. The van der Waals surface area contributed by atoms with Crippen molar-refractivity contribution in [3.05, 3.63) is 47.9 Å². The van der Waals surface area contributed by atoms with E-state index < -0.39 is 5.97 Å². The first-order valence-electron chi connectivity index (χ1n) is 8.99. The fraction of sp³-hybridized carbons (Fsp3) is 0.400. The number of carbonyl (C=O) groups is 2. The highest BCUT2D eigenvalue weighted by molar-refractivity contribution is 5.94. The number of carboxylic acids is 1. The average Bonchev–Trinajstić information content (AvgIpc) is 3.04. The van der Waals surface area contributed by atoms with E-state index in [1.807, 2.05) is 6.07 Å². The van der Waals surface area contributed by atoms with Gasteiger partial charge in [0.1, 0.15) is 11.5 Å². The predicted octanol–water partition coefficient (Wildman–Crippen LogP) is 2.93. The maximum atomic E-state index is 13.2. The van der Waals surface area contributed by atoms with Gasteiger partial charge in [-0.3, -0.25) is 9.59 Å². The summed E-state index contributed by atoms with van der Waals surface area (Å²) in [4.78, 5) is 25.9. The van der Waals surface area contributed by atoms with E-state index in [-0.39, 0.29) is 30.7 Å². The molecule has 0 unspecified atom stereocenters. The molecule has 144 valence electrons. The third kappa shape index (κ3) is 4.36. The summed E-state index contributed by atoms with van der Waals surface area (Å²) in [6.45, 7) is 1.29. The Hall–Kier alpha value is -2.67. The smallest absolute Gasteiger partial charge is 0.305 e. The van der Waals surface area contributed by atoms with E-state index in [0.29, 0.717) is 31.7 Å². The fourth-order valence-corrected chi connectivity index (χ4v) is 3.45. The second-order valence-corrected chi connectivity index (χ2v) is 6.66. The Kier molecular flexibility index (Phi) is 5.91. The molecule has 0 spiro atoms. The highest BCUT2D eigenvalue weighted by Gasteiger charge is 2.28. The first-order chi connectivity index (χ1) is 13.0. The molecule has 1 aromatic heterocycles. The summed E-state index contributed by atoms with van der Waals surface area (Å²) < 4.78 is 20.3. The lowest BCUT2D eigenvalue weighted by Crippen LogP contribution is -2.45. The lowest BCUT2D eigenvalue weighted by Gasteiger charge is -2.34. The standard InChI is InChI=1S/C20H23FN2O4/c1-22-17(14-2-4-15(21)5-3-14)6-7-18(22)20(26)23(11-8-19(24)25)16-9-12-27-13-10-16/h2-7,16H,8-13H2,1H3,(H,24,25). The van der Waals surface area contributed by atoms with Crippen molar-refractivity contribution in [1.29, 1.82) is 0 Å². The topological polar surface area (TPSA) is 71.8 Å². The van der Waals surface area contributed by atoms with Crippen molar-refractivity contribution in [1.82, 2.24) is 9.47 Å². The third-order valence-corrected chi connectivity index (χ3v) is 4.94. The Morgan fingerprint density at radius 1 is 1.19 bits per heavy atom. The highest BCUT2D eigenvalue weighted by atomic mass is 19.1. The van der Waals surface area contributed by atoms with Gasteiger partial charge < -0.3 is 19.3 Å². The van der Waals surface area contributed by atoms with Crippen LogP contribution >= 0.6 is 0 Å². The molecule has 1 aliphatic rings. The molecule has 3 rings (SSSR count). The number of aliphatic carboxylic acids is 1. The van der Waals surface area contributed by atoms with Gasteiger partial charge in [0.15, 0.2) is 0 Å². The number of ether oxygens (including phenoxy) is 1. The maximum absolute atomic E-state index is 13.2. The number of carboxylic acid groups (broad SMARTS) is 1. The number of rotatable bonds is 6. The number of aromatic nitrogens is 1. The number of amides is 1. The summed E-state index contributed by atoms with van der Waals surface area (Å²) >= 11 is 0. The number of benzene rings is 1. The second-order valence-electron chi connectivity index (χ2n) is 6.66. The van der Waals surface area contributed by atoms with Crippen molar-refractivity contribution >= 4 is 11.9 Å². The molecule has 1 N–H and O–H groups in total. The number of nitrogens with zero attached hydrogens (tertiary/aromatic N) is 2. The summed E-state index contributed by atoms with van der Waals surface area (Å²) in [7, 11) is 1.78. The van der Waals surface area contributed by atoms with E-state index in [0.717, 1.165) is 11.3 Å². The van der Waals surface area contributed by atoms with Gasteiger partial charge in [0.05, 0.1) is 6.42 Å². The largest absolute Gasteiger partial charge is 0.481 e. The molecule has 1 aromatic carbocycles. The van der Waals surface area contributed by atoms with Crippen LogP contribution in [0.5, 0.6) is 0 Å². The van der Waals surface area contributed by atoms with Gasteiger partial charge in [0.25, 0.3) is 5.91 Å². The Morgan fingerprint density at radius 3 is 2.48 bits per heavy atom. The van der Waals surface area contributed by atoms with E-state index in [9.17, 15) is 14.0 Å². The Morgan fingerprint density at radius 2 is 1.85 bits per heavy atom. The minimum atomic E-state index is -0.932. The highest BCUT2D eigenvalue weighted by Crippen LogP contribution is 2.24. The van der Waals surface area contributed by atoms with E-state index in [1.165, 1.54) is 12.1 Å². The lowest BCUT2D eigenvalue weighted by atomic mass is 10.1. The first kappa shape index (κ1) is 19.1. The molecule has 0 saturated carbocycles. The summed E-state index contributed by atoms with van der Waals surface area (Å²) in [5.74, 6) is -1.44. The number of hydrogen-bond acceptors (Lipinski definition) is 3. The SMILES string of the molecule is Cn1c(C(=O)N(CCC(=O)O)C2CCOCC2)ccc1-c1ccc(F)cc1. The molecule has 0 aliphatic carbocycles. The van der Waals surface area contributed by atoms with Gasteiger partial charge >= 0.3 is 5.97 Å². The van der Waals surface area contributed by atoms with Crippen LogP contribution in [0, 0.1) is 5.82 Å². The van der Waals surface area contributed by atoms with Gasteiger partial charge in [-0.1, -0.05) is 0 Å². The van der Waals surface area contributed by atoms with E-state index in [4.69, 9.17) is 9.84 Å². The van der Waals surface area contributed by atoms with Gasteiger partial charge in [-0.15, -0.1) is 0 Å². The van der Waals surface area contributed by atoms with Crippen LogP contribution in [-0.2, 0) is 16.6 Å². The molecule has 2 heterocycles.